The predicted molar refractivity (Wildman–Crippen MR) is 85.9 cm³/mol. The summed E-state index contributed by atoms with van der Waals surface area (Å²) in [5, 5.41) is 4.22. The first-order valence-corrected chi connectivity index (χ1v) is 6.79. The van der Waals surface area contributed by atoms with Crippen molar-refractivity contribution in [2.75, 3.05) is 0 Å². The predicted octanol–water partition coefficient (Wildman–Crippen LogP) is 1.71. The highest BCUT2D eigenvalue weighted by Crippen LogP contribution is 2.03. The third-order valence-corrected chi connectivity index (χ3v) is 3.41. The van der Waals surface area contributed by atoms with E-state index in [1.807, 2.05) is 67.6 Å². The van der Waals surface area contributed by atoms with E-state index in [1.165, 1.54) is 10.2 Å². The maximum Gasteiger partial charge on any atom is 0.279 e. The highest BCUT2D eigenvalue weighted by molar-refractivity contribution is 5.50. The summed E-state index contributed by atoms with van der Waals surface area (Å²) in [6, 6.07) is 17.5. The lowest BCUT2D eigenvalue weighted by Gasteiger charge is -1.98. The Labute approximate surface area is 122 Å². The van der Waals surface area contributed by atoms with E-state index in [1.54, 1.807) is 0 Å². The zero-order valence-electron chi connectivity index (χ0n) is 11.8. The van der Waals surface area contributed by atoms with Gasteiger partial charge in [-0.3, -0.25) is 9.89 Å². The van der Waals surface area contributed by atoms with Crippen molar-refractivity contribution >= 4 is 12.7 Å². The number of para-hydroxylation sites is 1. The van der Waals surface area contributed by atoms with Crippen molar-refractivity contribution < 1.29 is 0 Å². The van der Waals surface area contributed by atoms with Crippen molar-refractivity contribution in [2.24, 2.45) is 0 Å². The maximum absolute atomic E-state index is 12.5. The Morgan fingerprint density at radius 2 is 1.71 bits per heavy atom. The van der Waals surface area contributed by atoms with Crippen LogP contribution >= 0.6 is 0 Å². The Kier molecular flexibility index (Phi) is 3.32. The smallest absolute Gasteiger partial charge is 0.279 e. The van der Waals surface area contributed by atoms with Crippen molar-refractivity contribution in [3.8, 4) is 5.69 Å². The van der Waals surface area contributed by atoms with Gasteiger partial charge in [-0.05, 0) is 30.7 Å². The van der Waals surface area contributed by atoms with Gasteiger partial charge in [-0.25, -0.2) is 4.68 Å². The molecule has 21 heavy (non-hydrogen) atoms. The van der Waals surface area contributed by atoms with Crippen LogP contribution in [0.3, 0.4) is 0 Å². The van der Waals surface area contributed by atoms with Gasteiger partial charge in [0.25, 0.3) is 5.56 Å². The third kappa shape index (κ3) is 2.58. The molecule has 0 bridgehead atoms. The zero-order chi connectivity index (χ0) is 14.8. The Bertz CT molecular complexity index is 916. The van der Waals surface area contributed by atoms with E-state index in [9.17, 15) is 4.79 Å². The van der Waals surface area contributed by atoms with Crippen LogP contribution < -0.4 is 16.1 Å². The summed E-state index contributed by atoms with van der Waals surface area (Å²) in [4.78, 5) is 12.5. The SMILES string of the molecule is C=c1[nH]n(-c2ccccc2)c(=O)/c1=C\c1ccc(C)cc1. The van der Waals surface area contributed by atoms with Gasteiger partial charge in [-0.2, -0.15) is 0 Å². The number of nitrogens with zero attached hydrogens (tertiary/aromatic N) is 1. The molecule has 3 nitrogen and oxygen atoms in total. The van der Waals surface area contributed by atoms with Gasteiger partial charge in [-0.15, -0.1) is 0 Å². The van der Waals surface area contributed by atoms with Crippen molar-refractivity contribution in [1.82, 2.24) is 9.78 Å². The first-order valence-electron chi connectivity index (χ1n) is 6.79. The summed E-state index contributed by atoms with van der Waals surface area (Å²) >= 11 is 0. The monoisotopic (exact) mass is 276 g/mol. The Morgan fingerprint density at radius 3 is 2.38 bits per heavy atom. The van der Waals surface area contributed by atoms with Crippen LogP contribution in [-0.2, 0) is 0 Å². The number of aromatic nitrogens is 2. The van der Waals surface area contributed by atoms with Crippen LogP contribution in [0, 0.1) is 6.92 Å². The van der Waals surface area contributed by atoms with E-state index >= 15 is 0 Å². The van der Waals surface area contributed by atoms with Gasteiger partial charge in [0.15, 0.2) is 0 Å². The van der Waals surface area contributed by atoms with Crippen molar-refractivity contribution in [3.63, 3.8) is 0 Å². The number of hydrogen-bond donors (Lipinski definition) is 1. The molecule has 0 aliphatic carbocycles. The first kappa shape index (κ1) is 13.2. The number of hydrogen-bond acceptors (Lipinski definition) is 1. The molecule has 0 radical (unpaired) electrons. The molecule has 0 aliphatic heterocycles. The van der Waals surface area contributed by atoms with Crippen LogP contribution in [0.5, 0.6) is 0 Å². The normalized spacial score (nSPS) is 11.8. The second kappa shape index (κ2) is 5.29. The lowest BCUT2D eigenvalue weighted by molar-refractivity contribution is 0.838. The average molecular weight is 276 g/mol. The molecule has 1 heterocycles. The molecule has 0 fully saturated rings. The molecular formula is C18H16N2O. The molecule has 0 atom stereocenters. The Hall–Kier alpha value is -2.81. The van der Waals surface area contributed by atoms with Crippen LogP contribution in [0.25, 0.3) is 18.3 Å². The van der Waals surface area contributed by atoms with E-state index in [0.717, 1.165) is 11.3 Å². The molecule has 0 saturated carbocycles. The summed E-state index contributed by atoms with van der Waals surface area (Å²) < 4.78 is 1.52. The van der Waals surface area contributed by atoms with Crippen LogP contribution in [0.1, 0.15) is 11.1 Å². The number of aromatic amines is 1. The summed E-state index contributed by atoms with van der Waals surface area (Å²) in [5.41, 5.74) is 2.89. The molecule has 0 spiro atoms. The lowest BCUT2D eigenvalue weighted by atomic mass is 10.1. The summed E-state index contributed by atoms with van der Waals surface area (Å²) in [5.74, 6) is 0. The fourth-order valence-electron chi connectivity index (χ4n) is 2.23. The van der Waals surface area contributed by atoms with Gasteiger partial charge in [0.2, 0.25) is 0 Å². The molecule has 2 aromatic carbocycles. The van der Waals surface area contributed by atoms with Gasteiger partial charge >= 0.3 is 0 Å². The molecule has 1 N–H and O–H groups in total. The molecule has 0 amide bonds. The lowest BCUT2D eigenvalue weighted by Crippen LogP contribution is -2.33. The van der Waals surface area contributed by atoms with E-state index in [2.05, 4.69) is 11.7 Å². The van der Waals surface area contributed by atoms with Gasteiger partial charge in [0, 0.05) is 0 Å². The molecular weight excluding hydrogens is 260 g/mol. The number of benzene rings is 2. The molecule has 104 valence electrons. The summed E-state index contributed by atoms with van der Waals surface area (Å²) in [6.45, 7) is 5.97. The quantitative estimate of drug-likeness (QED) is 0.760. The minimum atomic E-state index is -0.0909. The van der Waals surface area contributed by atoms with Gasteiger partial charge in [0.1, 0.15) is 0 Å². The van der Waals surface area contributed by atoms with Crippen molar-refractivity contribution in [3.05, 3.63) is 86.6 Å². The van der Waals surface area contributed by atoms with E-state index in [0.29, 0.717) is 10.6 Å². The van der Waals surface area contributed by atoms with E-state index in [-0.39, 0.29) is 5.56 Å². The number of aryl methyl sites for hydroxylation is 1. The Balaban J connectivity index is 2.17. The highest BCUT2D eigenvalue weighted by Gasteiger charge is 2.03. The second-order valence-corrected chi connectivity index (χ2v) is 5.04. The van der Waals surface area contributed by atoms with Gasteiger partial charge in [0.05, 0.1) is 16.3 Å². The first-order chi connectivity index (χ1) is 10.1. The zero-order valence-corrected chi connectivity index (χ0v) is 11.8. The number of nitrogens with one attached hydrogen (secondary N) is 1. The average Bonchev–Trinajstić information content (AvgIpc) is 2.78. The molecule has 3 aromatic rings. The molecule has 3 heteroatoms. The number of H-pyrrole nitrogens is 1. The van der Waals surface area contributed by atoms with Gasteiger partial charge < -0.3 is 0 Å². The standard InChI is InChI=1S/C18H16N2O/c1-13-8-10-15(11-9-13)12-17-14(2)19-20(18(17)21)16-6-4-3-5-7-16/h3-12,19H,2H2,1H3/b17-12-. The molecule has 0 unspecified atom stereocenters. The molecule has 1 aromatic heterocycles. The number of rotatable bonds is 2. The fraction of sp³-hybridized carbons (Fsp3) is 0.0556. The maximum atomic E-state index is 12.5. The minimum Gasteiger partial charge on any atom is -0.291 e. The van der Waals surface area contributed by atoms with Crippen LogP contribution in [0.4, 0.5) is 0 Å². The topological polar surface area (TPSA) is 37.8 Å². The van der Waals surface area contributed by atoms with Gasteiger partial charge in [-0.1, -0.05) is 54.6 Å². The second-order valence-electron chi connectivity index (χ2n) is 5.04. The van der Waals surface area contributed by atoms with E-state index in [4.69, 9.17) is 0 Å². The minimum absolute atomic E-state index is 0.0909. The third-order valence-electron chi connectivity index (χ3n) is 3.41. The van der Waals surface area contributed by atoms with Crippen LogP contribution in [-0.4, -0.2) is 9.78 Å². The van der Waals surface area contributed by atoms with E-state index < -0.39 is 0 Å². The van der Waals surface area contributed by atoms with Crippen molar-refractivity contribution in [1.29, 1.82) is 0 Å². The fourth-order valence-corrected chi connectivity index (χ4v) is 2.23. The highest BCUT2D eigenvalue weighted by atomic mass is 16.1. The van der Waals surface area contributed by atoms with Crippen LogP contribution in [0.2, 0.25) is 0 Å². The molecule has 3 rings (SSSR count). The van der Waals surface area contributed by atoms with Crippen LogP contribution in [0.15, 0.2) is 59.4 Å². The summed E-state index contributed by atoms with van der Waals surface area (Å²) in [6.07, 6.45) is 1.86. The summed E-state index contributed by atoms with van der Waals surface area (Å²) in [7, 11) is 0. The van der Waals surface area contributed by atoms with Crippen molar-refractivity contribution in [2.45, 2.75) is 6.92 Å². The largest absolute Gasteiger partial charge is 0.291 e. The molecule has 0 aliphatic rings. The Morgan fingerprint density at radius 1 is 1.05 bits per heavy atom. The molecule has 0 saturated heterocycles.